The van der Waals surface area contributed by atoms with Crippen molar-refractivity contribution in [3.8, 4) is 0 Å². The van der Waals surface area contributed by atoms with E-state index >= 15 is 0 Å². The Morgan fingerprint density at radius 3 is 3.00 bits per heavy atom. The van der Waals surface area contributed by atoms with Crippen molar-refractivity contribution in [2.45, 2.75) is 25.3 Å². The maximum Gasteiger partial charge on any atom is 0.221 e. The molecule has 5 heteroatoms. The van der Waals surface area contributed by atoms with E-state index in [0.29, 0.717) is 31.5 Å². The topological polar surface area (TPSA) is 70.7 Å². The van der Waals surface area contributed by atoms with Crippen LogP contribution >= 0.6 is 0 Å². The number of nitrogens with zero attached hydrogens (tertiary/aromatic N) is 2. The van der Waals surface area contributed by atoms with Crippen LogP contribution in [0.5, 0.6) is 0 Å². The van der Waals surface area contributed by atoms with Crippen LogP contribution in [0.1, 0.15) is 19.3 Å². The first-order valence-electron chi connectivity index (χ1n) is 5.10. The molecule has 0 unspecified atom stereocenters. The van der Waals surface area contributed by atoms with Crippen LogP contribution in [-0.2, 0) is 4.79 Å². The predicted molar refractivity (Wildman–Crippen MR) is 53.8 cm³/mol. The number of hydrogen-bond acceptors (Lipinski definition) is 2. The van der Waals surface area contributed by atoms with Crippen molar-refractivity contribution < 1.29 is 4.79 Å². The minimum atomic E-state index is 0.103. The molecule has 0 bridgehead atoms. The second-order valence-corrected chi connectivity index (χ2v) is 3.81. The third kappa shape index (κ3) is 2.37. The third-order valence-corrected chi connectivity index (χ3v) is 2.50. The van der Waals surface area contributed by atoms with Crippen LogP contribution in [0.3, 0.4) is 0 Å². The molecule has 0 radical (unpaired) electrons. The first-order valence-corrected chi connectivity index (χ1v) is 5.10. The lowest BCUT2D eigenvalue weighted by molar-refractivity contribution is -0.120. The minimum Gasteiger partial charge on any atom is -0.370 e. The summed E-state index contributed by atoms with van der Waals surface area (Å²) in [7, 11) is 0. The zero-order chi connectivity index (χ0) is 9.97. The fourth-order valence-corrected chi connectivity index (χ4v) is 1.47. The van der Waals surface area contributed by atoms with Gasteiger partial charge in [0, 0.05) is 26.1 Å². The Morgan fingerprint density at radius 2 is 2.29 bits per heavy atom. The molecule has 2 aliphatic rings. The van der Waals surface area contributed by atoms with Crippen LogP contribution in [0.25, 0.3) is 0 Å². The van der Waals surface area contributed by atoms with Gasteiger partial charge in [0.25, 0.3) is 0 Å². The molecule has 0 spiro atoms. The summed E-state index contributed by atoms with van der Waals surface area (Å²) >= 11 is 0. The first kappa shape index (κ1) is 9.30. The highest BCUT2D eigenvalue weighted by molar-refractivity contribution is 5.81. The monoisotopic (exact) mass is 196 g/mol. The number of hydrogen-bond donors (Lipinski definition) is 2. The summed E-state index contributed by atoms with van der Waals surface area (Å²) in [4.78, 5) is 17.4. The number of amides is 1. The van der Waals surface area contributed by atoms with E-state index in [1.807, 2.05) is 4.90 Å². The van der Waals surface area contributed by atoms with Gasteiger partial charge in [-0.05, 0) is 12.8 Å². The summed E-state index contributed by atoms with van der Waals surface area (Å²) in [6.07, 6.45) is 2.83. The molecule has 0 aromatic rings. The van der Waals surface area contributed by atoms with Gasteiger partial charge < -0.3 is 16.0 Å². The summed E-state index contributed by atoms with van der Waals surface area (Å²) < 4.78 is 0. The summed E-state index contributed by atoms with van der Waals surface area (Å²) in [5.74, 6) is 0.704. The molecule has 3 N–H and O–H groups in total. The van der Waals surface area contributed by atoms with Crippen LogP contribution in [-0.4, -0.2) is 42.4 Å². The second-order valence-electron chi connectivity index (χ2n) is 3.81. The van der Waals surface area contributed by atoms with Gasteiger partial charge in [0.2, 0.25) is 5.91 Å². The highest BCUT2D eigenvalue weighted by atomic mass is 16.1. The van der Waals surface area contributed by atoms with Crippen LogP contribution in [0.4, 0.5) is 0 Å². The maximum atomic E-state index is 11.1. The van der Waals surface area contributed by atoms with Gasteiger partial charge in [-0.2, -0.15) is 0 Å². The molecule has 5 nitrogen and oxygen atoms in total. The van der Waals surface area contributed by atoms with E-state index < -0.39 is 0 Å². The number of nitrogens with two attached hydrogens (primary N) is 1. The number of carbonyl (C=O) groups is 1. The Labute approximate surface area is 83.4 Å². The molecule has 1 aliphatic carbocycles. The highest BCUT2D eigenvalue weighted by Crippen LogP contribution is 2.23. The number of guanidine groups is 1. The van der Waals surface area contributed by atoms with Gasteiger partial charge in [0.15, 0.2) is 5.96 Å². The van der Waals surface area contributed by atoms with Crippen molar-refractivity contribution in [3.63, 3.8) is 0 Å². The molecule has 2 fully saturated rings. The number of rotatable bonds is 1. The lowest BCUT2D eigenvalue weighted by Crippen LogP contribution is -2.39. The Balaban J connectivity index is 1.92. The molecule has 0 atom stereocenters. The van der Waals surface area contributed by atoms with Crippen LogP contribution < -0.4 is 11.1 Å². The number of aliphatic imine (C=N–C) groups is 1. The van der Waals surface area contributed by atoms with Crippen molar-refractivity contribution in [1.29, 1.82) is 0 Å². The second kappa shape index (κ2) is 3.86. The quantitative estimate of drug-likeness (QED) is 0.430. The van der Waals surface area contributed by atoms with Gasteiger partial charge in [-0.25, -0.2) is 4.99 Å². The molecule has 14 heavy (non-hydrogen) atoms. The van der Waals surface area contributed by atoms with Gasteiger partial charge in [0.1, 0.15) is 0 Å². The molecule has 1 heterocycles. The Morgan fingerprint density at radius 1 is 1.50 bits per heavy atom. The molecule has 0 aromatic carbocycles. The summed E-state index contributed by atoms with van der Waals surface area (Å²) in [5, 5.41) is 2.81. The Bertz CT molecular complexity index is 260. The van der Waals surface area contributed by atoms with E-state index in [2.05, 4.69) is 10.3 Å². The highest BCUT2D eigenvalue weighted by Gasteiger charge is 2.22. The van der Waals surface area contributed by atoms with Crippen LogP contribution in [0, 0.1) is 0 Å². The average molecular weight is 196 g/mol. The third-order valence-electron chi connectivity index (χ3n) is 2.50. The summed E-state index contributed by atoms with van der Waals surface area (Å²) in [6.45, 7) is 2.13. The Hall–Kier alpha value is -1.26. The molecular formula is C9H16N4O. The number of carbonyl (C=O) groups excluding carboxylic acids is 1. The average Bonchev–Trinajstić information content (AvgIpc) is 2.93. The van der Waals surface area contributed by atoms with E-state index in [1.165, 1.54) is 0 Å². The van der Waals surface area contributed by atoms with Crippen LogP contribution in [0.2, 0.25) is 0 Å². The van der Waals surface area contributed by atoms with Gasteiger partial charge in [0.05, 0.1) is 6.04 Å². The van der Waals surface area contributed by atoms with Gasteiger partial charge in [-0.3, -0.25) is 4.79 Å². The minimum absolute atomic E-state index is 0.103. The summed E-state index contributed by atoms with van der Waals surface area (Å²) in [5.41, 5.74) is 5.84. The predicted octanol–water partition coefficient (Wildman–Crippen LogP) is -0.715. The molecular weight excluding hydrogens is 180 g/mol. The van der Waals surface area contributed by atoms with E-state index in [0.717, 1.165) is 19.4 Å². The number of nitrogens with one attached hydrogen (secondary N) is 1. The fraction of sp³-hybridized carbons (Fsp3) is 0.778. The van der Waals surface area contributed by atoms with Crippen molar-refractivity contribution in [3.05, 3.63) is 0 Å². The smallest absolute Gasteiger partial charge is 0.221 e. The Kier molecular flexibility index (Phi) is 2.56. The van der Waals surface area contributed by atoms with E-state index in [1.54, 1.807) is 0 Å². The molecule has 1 amide bonds. The van der Waals surface area contributed by atoms with Crippen molar-refractivity contribution >= 4 is 11.9 Å². The maximum absolute atomic E-state index is 11.1. The lowest BCUT2D eigenvalue weighted by atomic mass is 10.4. The van der Waals surface area contributed by atoms with Gasteiger partial charge >= 0.3 is 0 Å². The van der Waals surface area contributed by atoms with E-state index in [9.17, 15) is 4.79 Å². The zero-order valence-electron chi connectivity index (χ0n) is 8.20. The largest absolute Gasteiger partial charge is 0.370 e. The molecule has 1 saturated heterocycles. The first-order chi connectivity index (χ1) is 6.75. The standard InChI is InChI=1S/C9H16N4O/c10-9(12-7-1-2-7)13-5-3-8(14)11-4-6-13/h7H,1-6H2,(H2,10,12)(H,11,14). The van der Waals surface area contributed by atoms with Crippen LogP contribution in [0.15, 0.2) is 4.99 Å². The van der Waals surface area contributed by atoms with Crippen molar-refractivity contribution in [2.75, 3.05) is 19.6 Å². The fourth-order valence-electron chi connectivity index (χ4n) is 1.47. The summed E-state index contributed by atoms with van der Waals surface area (Å²) in [6, 6.07) is 0.446. The van der Waals surface area contributed by atoms with Crippen molar-refractivity contribution in [1.82, 2.24) is 10.2 Å². The molecule has 2 rings (SSSR count). The van der Waals surface area contributed by atoms with Gasteiger partial charge in [-0.1, -0.05) is 0 Å². The SMILES string of the molecule is NC(=NC1CC1)N1CCNC(=O)CC1. The van der Waals surface area contributed by atoms with Crippen molar-refractivity contribution in [2.24, 2.45) is 10.7 Å². The molecule has 78 valence electrons. The van der Waals surface area contributed by atoms with E-state index in [-0.39, 0.29) is 5.91 Å². The normalized spacial score (nSPS) is 24.4. The molecule has 1 saturated carbocycles. The zero-order valence-corrected chi connectivity index (χ0v) is 8.20. The van der Waals surface area contributed by atoms with Gasteiger partial charge in [-0.15, -0.1) is 0 Å². The lowest BCUT2D eigenvalue weighted by Gasteiger charge is -2.20. The van der Waals surface area contributed by atoms with E-state index in [4.69, 9.17) is 5.73 Å². The molecule has 0 aromatic heterocycles. The molecule has 1 aliphatic heterocycles.